The molecular formula is C20H18N8O2. The second-order valence-electron chi connectivity index (χ2n) is 6.79. The number of benzene rings is 1. The van der Waals surface area contributed by atoms with E-state index in [-0.39, 0.29) is 5.91 Å². The Labute approximate surface area is 171 Å². The molecule has 10 heteroatoms. The van der Waals surface area contributed by atoms with Crippen LogP contribution in [0.5, 0.6) is 0 Å². The summed E-state index contributed by atoms with van der Waals surface area (Å²) in [6.07, 6.45) is 3.85. The van der Waals surface area contributed by atoms with Gasteiger partial charge < -0.3 is 20.0 Å². The van der Waals surface area contributed by atoms with Gasteiger partial charge >= 0.3 is 0 Å². The Morgan fingerprint density at radius 1 is 1.17 bits per heavy atom. The monoisotopic (exact) mass is 402 g/mol. The standard InChI is InChI=1S/C20H18N8O2/c1-12(29)28-7-6-13-9-14(4-5-16(13)28)23-19-21-11-22-20(25-19)24-18-10-15(26-27-18)17-3-2-8-30-17/h2-5,8-11H,6-7H2,1H3,(H3,21,22,23,24,25,26,27). The number of nitrogens with one attached hydrogen (secondary N) is 3. The van der Waals surface area contributed by atoms with Crippen molar-refractivity contribution in [3.8, 4) is 11.5 Å². The lowest BCUT2D eigenvalue weighted by Gasteiger charge is -2.15. The van der Waals surface area contributed by atoms with Crippen molar-refractivity contribution in [3.05, 3.63) is 54.6 Å². The second-order valence-corrected chi connectivity index (χ2v) is 6.79. The molecule has 0 fully saturated rings. The first-order valence-corrected chi connectivity index (χ1v) is 9.39. The summed E-state index contributed by atoms with van der Waals surface area (Å²) in [5.41, 5.74) is 3.66. The van der Waals surface area contributed by atoms with Crippen molar-refractivity contribution in [1.82, 2.24) is 25.1 Å². The van der Waals surface area contributed by atoms with Gasteiger partial charge in [-0.1, -0.05) is 0 Å². The van der Waals surface area contributed by atoms with Crippen molar-refractivity contribution in [2.45, 2.75) is 13.3 Å². The highest BCUT2D eigenvalue weighted by Gasteiger charge is 2.22. The van der Waals surface area contributed by atoms with Crippen molar-refractivity contribution in [3.63, 3.8) is 0 Å². The smallest absolute Gasteiger partial charge is 0.233 e. The minimum atomic E-state index is 0.0520. The molecule has 0 bridgehead atoms. The summed E-state index contributed by atoms with van der Waals surface area (Å²) in [6, 6.07) is 11.3. The van der Waals surface area contributed by atoms with E-state index in [1.165, 1.54) is 6.33 Å². The van der Waals surface area contributed by atoms with Crippen LogP contribution in [0.15, 0.2) is 53.4 Å². The molecule has 5 rings (SSSR count). The largest absolute Gasteiger partial charge is 0.463 e. The van der Waals surface area contributed by atoms with Crippen LogP contribution in [0.4, 0.5) is 29.1 Å². The van der Waals surface area contributed by atoms with Crippen LogP contribution in [0.1, 0.15) is 12.5 Å². The highest BCUT2D eigenvalue weighted by atomic mass is 16.3. The highest BCUT2D eigenvalue weighted by Crippen LogP contribution is 2.31. The summed E-state index contributed by atoms with van der Waals surface area (Å²) in [6.45, 7) is 2.29. The van der Waals surface area contributed by atoms with Gasteiger partial charge in [0.2, 0.25) is 17.8 Å². The van der Waals surface area contributed by atoms with E-state index in [1.807, 2.05) is 30.3 Å². The van der Waals surface area contributed by atoms with Crippen molar-refractivity contribution in [2.75, 3.05) is 22.1 Å². The van der Waals surface area contributed by atoms with Crippen LogP contribution in [0, 0.1) is 0 Å². The van der Waals surface area contributed by atoms with E-state index in [4.69, 9.17) is 4.42 Å². The Morgan fingerprint density at radius 3 is 2.83 bits per heavy atom. The summed E-state index contributed by atoms with van der Waals surface area (Å²) in [5, 5.41) is 13.3. The fourth-order valence-electron chi connectivity index (χ4n) is 3.41. The van der Waals surface area contributed by atoms with Crippen molar-refractivity contribution in [1.29, 1.82) is 0 Å². The predicted molar refractivity (Wildman–Crippen MR) is 111 cm³/mol. The fraction of sp³-hybridized carbons (Fsp3) is 0.150. The lowest BCUT2D eigenvalue weighted by atomic mass is 10.1. The van der Waals surface area contributed by atoms with Gasteiger partial charge in [0.1, 0.15) is 12.0 Å². The SMILES string of the molecule is CC(=O)N1CCc2cc(Nc3ncnc(Nc4cc(-c5ccco5)[nH]n4)n3)ccc21. The Morgan fingerprint density at radius 2 is 2.03 bits per heavy atom. The molecule has 0 saturated carbocycles. The molecule has 30 heavy (non-hydrogen) atoms. The van der Waals surface area contributed by atoms with E-state index < -0.39 is 0 Å². The Kier molecular flexibility index (Phi) is 4.36. The van der Waals surface area contributed by atoms with Gasteiger partial charge in [0.05, 0.1) is 6.26 Å². The summed E-state index contributed by atoms with van der Waals surface area (Å²) < 4.78 is 5.35. The number of rotatable bonds is 5. The van der Waals surface area contributed by atoms with Crippen LogP contribution < -0.4 is 15.5 Å². The first-order valence-electron chi connectivity index (χ1n) is 9.39. The molecule has 0 saturated heterocycles. The molecule has 3 N–H and O–H groups in total. The molecule has 0 spiro atoms. The minimum absolute atomic E-state index is 0.0520. The van der Waals surface area contributed by atoms with Gasteiger partial charge in [0, 0.05) is 30.9 Å². The molecular weight excluding hydrogens is 384 g/mol. The number of anilines is 5. The van der Waals surface area contributed by atoms with E-state index in [0.29, 0.717) is 30.0 Å². The molecule has 0 unspecified atom stereocenters. The van der Waals surface area contributed by atoms with E-state index in [1.54, 1.807) is 24.2 Å². The van der Waals surface area contributed by atoms with Crippen LogP contribution >= 0.6 is 0 Å². The third-order valence-electron chi connectivity index (χ3n) is 4.79. The predicted octanol–water partition coefficient (Wildman–Crippen LogP) is 3.25. The molecule has 150 valence electrons. The fourth-order valence-corrected chi connectivity index (χ4v) is 3.41. The maximum absolute atomic E-state index is 11.7. The second kappa shape index (κ2) is 7.32. The Bertz CT molecular complexity index is 1200. The molecule has 1 aromatic carbocycles. The summed E-state index contributed by atoms with van der Waals surface area (Å²) in [4.78, 5) is 26.2. The number of aromatic amines is 1. The van der Waals surface area contributed by atoms with Gasteiger partial charge in [-0.05, 0) is 42.3 Å². The van der Waals surface area contributed by atoms with Crippen molar-refractivity contribution in [2.24, 2.45) is 0 Å². The molecule has 4 aromatic rings. The van der Waals surface area contributed by atoms with Crippen LogP contribution in [-0.2, 0) is 11.2 Å². The maximum Gasteiger partial charge on any atom is 0.233 e. The summed E-state index contributed by atoms with van der Waals surface area (Å²) in [7, 11) is 0. The number of carbonyl (C=O) groups excluding carboxylic acids is 1. The molecule has 1 aliphatic heterocycles. The lowest BCUT2D eigenvalue weighted by Crippen LogP contribution is -2.25. The molecule has 0 radical (unpaired) electrons. The third-order valence-corrected chi connectivity index (χ3v) is 4.79. The molecule has 0 atom stereocenters. The zero-order chi connectivity index (χ0) is 20.5. The average molecular weight is 402 g/mol. The van der Waals surface area contributed by atoms with Gasteiger partial charge in [-0.25, -0.2) is 9.97 Å². The van der Waals surface area contributed by atoms with Gasteiger partial charge in [0.15, 0.2) is 11.6 Å². The Hall–Kier alpha value is -4.21. The minimum Gasteiger partial charge on any atom is -0.463 e. The maximum atomic E-state index is 11.7. The molecule has 1 aliphatic rings. The van der Waals surface area contributed by atoms with Crippen LogP contribution in [-0.4, -0.2) is 37.6 Å². The first-order chi connectivity index (χ1) is 14.7. The van der Waals surface area contributed by atoms with Crippen LogP contribution in [0.2, 0.25) is 0 Å². The third kappa shape index (κ3) is 3.46. The molecule has 10 nitrogen and oxygen atoms in total. The zero-order valence-corrected chi connectivity index (χ0v) is 16.1. The van der Waals surface area contributed by atoms with Gasteiger partial charge in [-0.15, -0.1) is 0 Å². The number of hydrogen-bond donors (Lipinski definition) is 3. The molecule has 3 aromatic heterocycles. The van der Waals surface area contributed by atoms with Gasteiger partial charge in [-0.3, -0.25) is 9.89 Å². The highest BCUT2D eigenvalue weighted by molar-refractivity contribution is 5.94. The summed E-state index contributed by atoms with van der Waals surface area (Å²) in [5.74, 6) is 2.05. The quantitative estimate of drug-likeness (QED) is 0.465. The zero-order valence-electron chi connectivity index (χ0n) is 16.1. The molecule has 4 heterocycles. The number of hydrogen-bond acceptors (Lipinski definition) is 8. The van der Waals surface area contributed by atoms with E-state index >= 15 is 0 Å². The first kappa shape index (κ1) is 17.9. The van der Waals surface area contributed by atoms with E-state index in [0.717, 1.165) is 29.1 Å². The van der Waals surface area contributed by atoms with Crippen LogP contribution in [0.3, 0.4) is 0 Å². The number of carbonyl (C=O) groups is 1. The molecule has 1 amide bonds. The van der Waals surface area contributed by atoms with Crippen molar-refractivity contribution >= 4 is 35.0 Å². The average Bonchev–Trinajstić information content (AvgIpc) is 3.48. The van der Waals surface area contributed by atoms with Gasteiger partial charge in [-0.2, -0.15) is 10.1 Å². The number of fused-ring (bicyclic) bond motifs is 1. The topological polar surface area (TPSA) is 125 Å². The lowest BCUT2D eigenvalue weighted by molar-refractivity contribution is -0.116. The number of furan rings is 1. The number of amides is 1. The van der Waals surface area contributed by atoms with Crippen molar-refractivity contribution < 1.29 is 9.21 Å². The summed E-state index contributed by atoms with van der Waals surface area (Å²) >= 11 is 0. The Balaban J connectivity index is 1.31. The number of H-pyrrole nitrogens is 1. The number of nitrogens with zero attached hydrogens (tertiary/aromatic N) is 5. The number of aromatic nitrogens is 5. The van der Waals surface area contributed by atoms with Gasteiger partial charge in [0.25, 0.3) is 0 Å². The van der Waals surface area contributed by atoms with Crippen LogP contribution in [0.25, 0.3) is 11.5 Å². The normalized spacial score (nSPS) is 12.6. The molecule has 0 aliphatic carbocycles. The van der Waals surface area contributed by atoms with E-state index in [9.17, 15) is 4.79 Å². The van der Waals surface area contributed by atoms with E-state index in [2.05, 4.69) is 35.8 Å².